The van der Waals surface area contributed by atoms with Gasteiger partial charge in [-0.15, -0.1) is 0 Å². The molecule has 1 heterocycles. The summed E-state index contributed by atoms with van der Waals surface area (Å²) in [5.41, 5.74) is 0.304. The standard InChI is InChI=1S/C12H12N2O3/c13-5-9-3-1-2-4-10(9)14-6-12(11(15)16)7-17-8-12/h1-4,14H,6-8H2,(H,15,16). The molecule has 2 N–H and O–H groups in total. The number of carboxylic acids is 1. The molecule has 5 heteroatoms. The lowest BCUT2D eigenvalue weighted by atomic mass is 9.86. The monoisotopic (exact) mass is 232 g/mol. The molecule has 1 fully saturated rings. The fourth-order valence-corrected chi connectivity index (χ4v) is 1.65. The van der Waals surface area contributed by atoms with Gasteiger partial charge in [0.25, 0.3) is 0 Å². The quantitative estimate of drug-likeness (QED) is 0.811. The van der Waals surface area contributed by atoms with Crippen LogP contribution in [-0.4, -0.2) is 30.8 Å². The molecule has 2 rings (SSSR count). The van der Waals surface area contributed by atoms with Crippen molar-refractivity contribution < 1.29 is 14.6 Å². The van der Waals surface area contributed by atoms with Crippen molar-refractivity contribution in [2.24, 2.45) is 5.41 Å². The number of nitriles is 1. The van der Waals surface area contributed by atoms with Crippen molar-refractivity contribution in [1.82, 2.24) is 0 Å². The van der Waals surface area contributed by atoms with Crippen LogP contribution in [0.1, 0.15) is 5.56 Å². The highest BCUT2D eigenvalue weighted by molar-refractivity contribution is 5.77. The van der Waals surface area contributed by atoms with Crippen LogP contribution in [0.15, 0.2) is 24.3 Å². The smallest absolute Gasteiger partial charge is 0.316 e. The summed E-state index contributed by atoms with van der Waals surface area (Å²) >= 11 is 0. The molecule has 0 spiro atoms. The van der Waals surface area contributed by atoms with Crippen LogP contribution in [-0.2, 0) is 9.53 Å². The van der Waals surface area contributed by atoms with Crippen LogP contribution in [0, 0.1) is 16.7 Å². The van der Waals surface area contributed by atoms with E-state index in [4.69, 9.17) is 15.1 Å². The van der Waals surface area contributed by atoms with Gasteiger partial charge in [0.1, 0.15) is 11.5 Å². The van der Waals surface area contributed by atoms with Crippen LogP contribution in [0.5, 0.6) is 0 Å². The molecule has 0 radical (unpaired) electrons. The van der Waals surface area contributed by atoms with Crippen molar-refractivity contribution >= 4 is 11.7 Å². The van der Waals surface area contributed by atoms with Gasteiger partial charge in [0.05, 0.1) is 24.5 Å². The van der Waals surface area contributed by atoms with E-state index in [1.54, 1.807) is 24.3 Å². The number of aliphatic carboxylic acids is 1. The first-order valence-electron chi connectivity index (χ1n) is 5.22. The molecule has 1 aromatic rings. The number of ether oxygens (including phenoxy) is 1. The third-order valence-corrected chi connectivity index (χ3v) is 2.88. The summed E-state index contributed by atoms with van der Waals surface area (Å²) in [5.74, 6) is -0.870. The summed E-state index contributed by atoms with van der Waals surface area (Å²) < 4.78 is 4.96. The molecule has 1 saturated heterocycles. The van der Waals surface area contributed by atoms with Crippen molar-refractivity contribution in [3.05, 3.63) is 29.8 Å². The van der Waals surface area contributed by atoms with Gasteiger partial charge in [-0.05, 0) is 12.1 Å². The molecule has 1 aliphatic rings. The largest absolute Gasteiger partial charge is 0.481 e. The second kappa shape index (κ2) is 4.44. The minimum absolute atomic E-state index is 0.212. The van der Waals surface area contributed by atoms with E-state index in [-0.39, 0.29) is 19.8 Å². The van der Waals surface area contributed by atoms with Crippen LogP contribution in [0.3, 0.4) is 0 Å². The number of benzene rings is 1. The Morgan fingerprint density at radius 3 is 2.76 bits per heavy atom. The van der Waals surface area contributed by atoms with E-state index in [2.05, 4.69) is 11.4 Å². The van der Waals surface area contributed by atoms with Gasteiger partial charge < -0.3 is 15.2 Å². The second-order valence-corrected chi connectivity index (χ2v) is 4.09. The zero-order valence-electron chi connectivity index (χ0n) is 9.14. The number of hydrogen-bond acceptors (Lipinski definition) is 4. The van der Waals surface area contributed by atoms with Gasteiger partial charge in [-0.2, -0.15) is 5.26 Å². The number of rotatable bonds is 4. The van der Waals surface area contributed by atoms with Gasteiger partial charge in [0.2, 0.25) is 0 Å². The number of carbonyl (C=O) groups is 1. The van der Waals surface area contributed by atoms with Gasteiger partial charge >= 0.3 is 5.97 Å². The Labute approximate surface area is 98.6 Å². The van der Waals surface area contributed by atoms with Crippen LogP contribution in [0.25, 0.3) is 0 Å². The van der Waals surface area contributed by atoms with Gasteiger partial charge in [-0.1, -0.05) is 12.1 Å². The van der Waals surface area contributed by atoms with Gasteiger partial charge in [-0.3, -0.25) is 4.79 Å². The lowest BCUT2D eigenvalue weighted by Gasteiger charge is -2.37. The van der Waals surface area contributed by atoms with Crippen LogP contribution < -0.4 is 5.32 Å². The number of nitrogens with zero attached hydrogens (tertiary/aromatic N) is 1. The van der Waals surface area contributed by atoms with E-state index < -0.39 is 11.4 Å². The van der Waals surface area contributed by atoms with Gasteiger partial charge in [0, 0.05) is 6.54 Å². The molecule has 5 nitrogen and oxygen atoms in total. The predicted molar refractivity (Wildman–Crippen MR) is 60.5 cm³/mol. The molecule has 88 valence electrons. The number of nitrogens with one attached hydrogen (secondary N) is 1. The molecular weight excluding hydrogens is 220 g/mol. The topological polar surface area (TPSA) is 82.4 Å². The average Bonchev–Trinajstić information content (AvgIpc) is 2.27. The van der Waals surface area contributed by atoms with Crippen LogP contribution in [0.2, 0.25) is 0 Å². The van der Waals surface area contributed by atoms with Crippen molar-refractivity contribution in [2.45, 2.75) is 0 Å². The van der Waals surface area contributed by atoms with Crippen molar-refractivity contribution in [2.75, 3.05) is 25.1 Å². The first-order chi connectivity index (χ1) is 8.18. The predicted octanol–water partition coefficient (Wildman–Crippen LogP) is 1.07. The molecular formula is C12H12N2O3. The van der Waals surface area contributed by atoms with E-state index in [0.717, 1.165) is 0 Å². The molecule has 0 atom stereocenters. The molecule has 17 heavy (non-hydrogen) atoms. The molecule has 1 aromatic carbocycles. The Morgan fingerprint density at radius 1 is 1.53 bits per heavy atom. The summed E-state index contributed by atoms with van der Waals surface area (Å²) in [6.45, 7) is 0.690. The summed E-state index contributed by atoms with van der Waals surface area (Å²) in [7, 11) is 0. The molecule has 0 bridgehead atoms. The lowest BCUT2D eigenvalue weighted by Crippen LogP contribution is -2.53. The Bertz CT molecular complexity index is 475. The van der Waals surface area contributed by atoms with E-state index in [1.165, 1.54) is 0 Å². The highest BCUT2D eigenvalue weighted by Crippen LogP contribution is 2.28. The lowest BCUT2D eigenvalue weighted by molar-refractivity contribution is -0.176. The van der Waals surface area contributed by atoms with Crippen LogP contribution >= 0.6 is 0 Å². The normalized spacial score (nSPS) is 16.6. The molecule has 0 saturated carbocycles. The van der Waals surface area contributed by atoms with Crippen LogP contribution in [0.4, 0.5) is 5.69 Å². The highest BCUT2D eigenvalue weighted by atomic mass is 16.5. The maximum absolute atomic E-state index is 11.1. The third kappa shape index (κ3) is 2.08. The Balaban J connectivity index is 2.07. The maximum atomic E-state index is 11.1. The first kappa shape index (κ1) is 11.4. The van der Waals surface area contributed by atoms with E-state index in [9.17, 15) is 4.79 Å². The minimum Gasteiger partial charge on any atom is -0.481 e. The van der Waals surface area contributed by atoms with E-state index >= 15 is 0 Å². The molecule has 0 amide bonds. The SMILES string of the molecule is N#Cc1ccccc1NCC1(C(=O)O)COC1. The van der Waals surface area contributed by atoms with Crippen molar-refractivity contribution in [3.8, 4) is 6.07 Å². The number of anilines is 1. The fraction of sp³-hybridized carbons (Fsp3) is 0.333. The van der Waals surface area contributed by atoms with Gasteiger partial charge in [-0.25, -0.2) is 0 Å². The summed E-state index contributed by atoms with van der Waals surface area (Å²) in [5, 5.41) is 21.0. The first-order valence-corrected chi connectivity index (χ1v) is 5.22. The van der Waals surface area contributed by atoms with Crippen molar-refractivity contribution in [3.63, 3.8) is 0 Å². The van der Waals surface area contributed by atoms with Gasteiger partial charge in [0.15, 0.2) is 0 Å². The number of para-hydroxylation sites is 1. The molecule has 0 aromatic heterocycles. The Morgan fingerprint density at radius 2 is 2.24 bits per heavy atom. The average molecular weight is 232 g/mol. The number of hydrogen-bond donors (Lipinski definition) is 2. The molecule has 0 aliphatic carbocycles. The van der Waals surface area contributed by atoms with Crippen molar-refractivity contribution in [1.29, 1.82) is 5.26 Å². The highest BCUT2D eigenvalue weighted by Gasteiger charge is 2.46. The zero-order chi connectivity index (χ0) is 12.3. The molecule has 0 unspecified atom stereocenters. The Hall–Kier alpha value is -2.06. The molecule has 1 aliphatic heterocycles. The summed E-state index contributed by atoms with van der Waals surface area (Å²) in [6, 6.07) is 9.07. The van der Waals surface area contributed by atoms with E-state index in [1.807, 2.05) is 0 Å². The summed E-state index contributed by atoms with van der Waals surface area (Å²) in [6.07, 6.45) is 0. The third-order valence-electron chi connectivity index (χ3n) is 2.88. The fourth-order valence-electron chi connectivity index (χ4n) is 1.65. The summed E-state index contributed by atoms with van der Waals surface area (Å²) in [4.78, 5) is 11.1. The number of carboxylic acid groups (broad SMARTS) is 1. The zero-order valence-corrected chi connectivity index (χ0v) is 9.14. The minimum atomic E-state index is -0.870. The maximum Gasteiger partial charge on any atom is 0.316 e. The van der Waals surface area contributed by atoms with E-state index in [0.29, 0.717) is 11.3 Å². The Kier molecular flexibility index (Phi) is 2.98. The second-order valence-electron chi connectivity index (χ2n) is 4.09.